The van der Waals surface area contributed by atoms with Gasteiger partial charge in [0.1, 0.15) is 0 Å². The Balaban J connectivity index is 1.68. The lowest BCUT2D eigenvalue weighted by atomic mass is 9.90. The molecule has 0 unspecified atom stereocenters. The number of hydrogen-bond donors (Lipinski definition) is 1. The minimum absolute atomic E-state index is 0.0992. The Kier molecular flexibility index (Phi) is 5.09. The number of nitrogens with zero attached hydrogens (tertiary/aromatic N) is 2. The van der Waals surface area contributed by atoms with Crippen molar-refractivity contribution in [2.45, 2.75) is 25.7 Å². The SMILES string of the molecule is O=C(O)C1=C(C(=O)N2CCN(c3cccc(Cl)c3)CC2)CCCC1. The van der Waals surface area contributed by atoms with Gasteiger partial charge < -0.3 is 14.9 Å². The molecule has 1 heterocycles. The molecule has 0 bridgehead atoms. The van der Waals surface area contributed by atoms with E-state index in [1.165, 1.54) is 0 Å². The quantitative estimate of drug-likeness (QED) is 0.912. The summed E-state index contributed by atoms with van der Waals surface area (Å²) in [5.74, 6) is -1.05. The standard InChI is InChI=1S/C18H21ClN2O3/c19-13-4-3-5-14(12-13)20-8-10-21(11-9-20)17(22)15-6-1-2-7-16(15)18(23)24/h3-5,12H,1-2,6-11H2,(H,23,24). The van der Waals surface area contributed by atoms with E-state index in [1.54, 1.807) is 4.90 Å². The molecule has 1 amide bonds. The van der Waals surface area contributed by atoms with Crippen LogP contribution in [0.25, 0.3) is 0 Å². The summed E-state index contributed by atoms with van der Waals surface area (Å²) in [5, 5.41) is 10.0. The van der Waals surface area contributed by atoms with Crippen molar-refractivity contribution in [2.75, 3.05) is 31.1 Å². The van der Waals surface area contributed by atoms with E-state index < -0.39 is 5.97 Å². The summed E-state index contributed by atoms with van der Waals surface area (Å²) in [6, 6.07) is 7.69. The second-order valence-electron chi connectivity index (χ2n) is 6.23. The number of hydrogen-bond acceptors (Lipinski definition) is 3. The number of halogens is 1. The van der Waals surface area contributed by atoms with Crippen molar-refractivity contribution in [1.29, 1.82) is 0 Å². The Labute approximate surface area is 146 Å². The molecule has 0 spiro atoms. The summed E-state index contributed by atoms with van der Waals surface area (Å²) in [4.78, 5) is 28.1. The smallest absolute Gasteiger partial charge is 0.332 e. The van der Waals surface area contributed by atoms with Crippen LogP contribution < -0.4 is 4.90 Å². The van der Waals surface area contributed by atoms with Crippen molar-refractivity contribution in [3.63, 3.8) is 0 Å². The minimum atomic E-state index is -0.949. The maximum absolute atomic E-state index is 12.7. The van der Waals surface area contributed by atoms with Crippen molar-refractivity contribution in [3.05, 3.63) is 40.4 Å². The molecule has 0 atom stereocenters. The van der Waals surface area contributed by atoms with E-state index in [9.17, 15) is 14.7 Å². The summed E-state index contributed by atoms with van der Waals surface area (Å²) in [5.41, 5.74) is 1.87. The molecule has 0 saturated carbocycles. The van der Waals surface area contributed by atoms with Gasteiger partial charge in [0.15, 0.2) is 0 Å². The van der Waals surface area contributed by atoms with Gasteiger partial charge in [-0.25, -0.2) is 4.79 Å². The van der Waals surface area contributed by atoms with Gasteiger partial charge >= 0.3 is 5.97 Å². The van der Waals surface area contributed by atoms with Crippen LogP contribution in [0.4, 0.5) is 5.69 Å². The second kappa shape index (κ2) is 7.26. The molecule has 1 saturated heterocycles. The minimum Gasteiger partial charge on any atom is -0.478 e. The fourth-order valence-electron chi connectivity index (χ4n) is 3.41. The first-order valence-electron chi connectivity index (χ1n) is 8.31. The van der Waals surface area contributed by atoms with Gasteiger partial charge in [-0.2, -0.15) is 0 Å². The van der Waals surface area contributed by atoms with Crippen LogP contribution in [-0.4, -0.2) is 48.1 Å². The van der Waals surface area contributed by atoms with Gasteiger partial charge in [-0.05, 0) is 43.9 Å². The van der Waals surface area contributed by atoms with Crippen LogP contribution in [0.2, 0.25) is 5.02 Å². The predicted molar refractivity (Wildman–Crippen MR) is 93.4 cm³/mol. The number of carbonyl (C=O) groups is 2. The molecule has 1 aliphatic carbocycles. The molecule has 1 aliphatic heterocycles. The largest absolute Gasteiger partial charge is 0.478 e. The Morgan fingerprint density at radius 3 is 2.29 bits per heavy atom. The van der Waals surface area contributed by atoms with Crippen molar-refractivity contribution >= 4 is 29.2 Å². The van der Waals surface area contributed by atoms with Crippen LogP contribution in [0, 0.1) is 0 Å². The van der Waals surface area contributed by atoms with Crippen LogP contribution in [0.5, 0.6) is 0 Å². The summed E-state index contributed by atoms with van der Waals surface area (Å²) in [6.07, 6.45) is 2.81. The number of carboxylic acid groups (broad SMARTS) is 1. The maximum Gasteiger partial charge on any atom is 0.332 e. The molecule has 128 valence electrons. The average molecular weight is 349 g/mol. The zero-order valence-electron chi connectivity index (χ0n) is 13.5. The Bertz CT molecular complexity index is 679. The first-order chi connectivity index (χ1) is 11.6. The molecule has 1 aromatic rings. The van der Waals surface area contributed by atoms with Gasteiger partial charge in [-0.15, -0.1) is 0 Å². The normalized spacial score (nSPS) is 18.7. The van der Waals surface area contributed by atoms with Crippen LogP contribution in [0.3, 0.4) is 0 Å². The molecule has 5 nitrogen and oxygen atoms in total. The highest BCUT2D eigenvalue weighted by Crippen LogP contribution is 2.27. The van der Waals surface area contributed by atoms with E-state index in [1.807, 2.05) is 24.3 Å². The second-order valence-corrected chi connectivity index (χ2v) is 6.66. The van der Waals surface area contributed by atoms with Crippen LogP contribution in [0.15, 0.2) is 35.4 Å². The zero-order chi connectivity index (χ0) is 17.1. The molecule has 0 radical (unpaired) electrons. The van der Waals surface area contributed by atoms with Gasteiger partial charge in [0.25, 0.3) is 0 Å². The van der Waals surface area contributed by atoms with E-state index in [2.05, 4.69) is 4.90 Å². The van der Waals surface area contributed by atoms with E-state index in [0.29, 0.717) is 42.1 Å². The number of anilines is 1. The fourth-order valence-corrected chi connectivity index (χ4v) is 3.59. The molecule has 1 N–H and O–H groups in total. The number of rotatable bonds is 3. The number of carboxylic acids is 1. The lowest BCUT2D eigenvalue weighted by molar-refractivity contribution is -0.134. The predicted octanol–water partition coefficient (Wildman–Crippen LogP) is 2.94. The van der Waals surface area contributed by atoms with E-state index >= 15 is 0 Å². The summed E-state index contributed by atoms with van der Waals surface area (Å²) in [6.45, 7) is 2.65. The number of aliphatic carboxylic acids is 1. The highest BCUT2D eigenvalue weighted by molar-refractivity contribution is 6.30. The average Bonchev–Trinajstić information content (AvgIpc) is 2.61. The molecule has 2 aliphatic rings. The summed E-state index contributed by atoms with van der Waals surface area (Å²) >= 11 is 6.04. The van der Waals surface area contributed by atoms with Gasteiger partial charge in [0.2, 0.25) is 5.91 Å². The van der Waals surface area contributed by atoms with Crippen LogP contribution >= 0.6 is 11.6 Å². The Morgan fingerprint density at radius 1 is 1.00 bits per heavy atom. The van der Waals surface area contributed by atoms with Crippen molar-refractivity contribution in [1.82, 2.24) is 4.90 Å². The third-order valence-electron chi connectivity index (χ3n) is 4.72. The number of amides is 1. The van der Waals surface area contributed by atoms with E-state index in [-0.39, 0.29) is 5.91 Å². The first-order valence-corrected chi connectivity index (χ1v) is 8.69. The maximum atomic E-state index is 12.7. The molecule has 6 heteroatoms. The zero-order valence-corrected chi connectivity index (χ0v) is 14.3. The third-order valence-corrected chi connectivity index (χ3v) is 4.96. The highest BCUT2D eigenvalue weighted by atomic mass is 35.5. The number of benzene rings is 1. The molecule has 1 fully saturated rings. The van der Waals surface area contributed by atoms with Gasteiger partial charge in [0, 0.05) is 48.0 Å². The van der Waals surface area contributed by atoms with Gasteiger partial charge in [-0.3, -0.25) is 4.79 Å². The van der Waals surface area contributed by atoms with Crippen molar-refractivity contribution in [3.8, 4) is 0 Å². The lowest BCUT2D eigenvalue weighted by Crippen LogP contribution is -2.49. The van der Waals surface area contributed by atoms with Crippen molar-refractivity contribution in [2.24, 2.45) is 0 Å². The van der Waals surface area contributed by atoms with Gasteiger partial charge in [-0.1, -0.05) is 17.7 Å². The molecule has 3 rings (SSSR count). The Hall–Kier alpha value is -2.01. The molecular formula is C18H21ClN2O3. The lowest BCUT2D eigenvalue weighted by Gasteiger charge is -2.37. The summed E-state index contributed by atoms with van der Waals surface area (Å²) in [7, 11) is 0. The topological polar surface area (TPSA) is 60.9 Å². The molecule has 0 aromatic heterocycles. The highest BCUT2D eigenvalue weighted by Gasteiger charge is 2.29. The van der Waals surface area contributed by atoms with Crippen LogP contribution in [0.1, 0.15) is 25.7 Å². The molecular weight excluding hydrogens is 328 g/mol. The third kappa shape index (κ3) is 3.56. The molecule has 1 aromatic carbocycles. The monoisotopic (exact) mass is 348 g/mol. The fraction of sp³-hybridized carbons (Fsp3) is 0.444. The van der Waals surface area contributed by atoms with E-state index in [4.69, 9.17) is 11.6 Å². The Morgan fingerprint density at radius 2 is 1.67 bits per heavy atom. The van der Waals surface area contributed by atoms with Crippen molar-refractivity contribution < 1.29 is 14.7 Å². The number of piperazine rings is 1. The number of carbonyl (C=O) groups excluding carboxylic acids is 1. The van der Waals surface area contributed by atoms with Crippen LogP contribution in [-0.2, 0) is 9.59 Å². The van der Waals surface area contributed by atoms with E-state index in [0.717, 1.165) is 31.6 Å². The van der Waals surface area contributed by atoms with Gasteiger partial charge in [0.05, 0.1) is 0 Å². The summed E-state index contributed by atoms with van der Waals surface area (Å²) < 4.78 is 0. The first kappa shape index (κ1) is 16.8. The molecule has 24 heavy (non-hydrogen) atoms.